The fourth-order valence-corrected chi connectivity index (χ4v) is 6.06. The van der Waals surface area contributed by atoms with Gasteiger partial charge in [-0.2, -0.15) is 5.10 Å². The van der Waals surface area contributed by atoms with Crippen molar-refractivity contribution in [3.63, 3.8) is 0 Å². The molecule has 0 saturated carbocycles. The maximum Gasteiger partial charge on any atom is 0.338 e. The summed E-state index contributed by atoms with van der Waals surface area (Å²) in [5.41, 5.74) is -2.96. The normalized spacial score (nSPS) is 21.0. The zero-order valence-corrected chi connectivity index (χ0v) is 26.2. The largest absolute Gasteiger partial charge is 0.459 e. The molecule has 3 aromatic carbocycles. The molecule has 1 saturated heterocycles. The van der Waals surface area contributed by atoms with Crippen LogP contribution < -0.4 is 5.56 Å². The van der Waals surface area contributed by atoms with E-state index < -0.39 is 53.9 Å². The minimum atomic E-state index is -2.73. The van der Waals surface area contributed by atoms with E-state index in [0.29, 0.717) is 0 Å². The molecule has 0 spiro atoms. The number of benzene rings is 3. The predicted octanol–water partition coefficient (Wildman–Crippen LogP) is 4.24. The molecule has 0 radical (unpaired) electrons. The van der Waals surface area contributed by atoms with Gasteiger partial charge in [0.1, 0.15) is 22.7 Å². The number of hydrogen-bond donors (Lipinski definition) is 2. The highest BCUT2D eigenvalue weighted by Gasteiger charge is 2.64. The van der Waals surface area contributed by atoms with Gasteiger partial charge in [-0.05, 0) is 56.1 Å². The predicted molar refractivity (Wildman–Crippen MR) is 166 cm³/mol. The molecule has 4 atom stereocenters. The van der Waals surface area contributed by atoms with Crippen LogP contribution in [0.4, 0.5) is 0 Å². The lowest BCUT2D eigenvalue weighted by Gasteiger charge is -2.32. The topological polar surface area (TPSA) is 163 Å². The lowest BCUT2D eigenvalue weighted by atomic mass is 9.85. The van der Waals surface area contributed by atoms with Crippen LogP contribution in [0.1, 0.15) is 37.3 Å². The molecule has 1 aliphatic rings. The molecular weight excluding hydrogens is 716 g/mol. The number of ketones is 1. The number of hydrogen-bond acceptors (Lipinski definition) is 10. The number of nitrogens with zero attached hydrogens (tertiary/aromatic N) is 3. The van der Waals surface area contributed by atoms with Crippen molar-refractivity contribution in [1.82, 2.24) is 19.7 Å². The molecule has 0 unspecified atom stereocenters. The molecule has 0 aliphatic carbocycles. The second-order valence-corrected chi connectivity index (χ2v) is 11.5. The van der Waals surface area contributed by atoms with Crippen LogP contribution in [-0.4, -0.2) is 67.0 Å². The Bertz CT molecular complexity index is 1950. The molecule has 0 amide bonds. The number of esters is 2. The number of nitrogens with one attached hydrogen (secondary N) is 1. The highest BCUT2D eigenvalue weighted by molar-refractivity contribution is 9.10. The quantitative estimate of drug-likeness (QED) is 0.134. The van der Waals surface area contributed by atoms with E-state index in [9.17, 15) is 24.3 Å². The van der Waals surface area contributed by atoms with Crippen LogP contribution >= 0.6 is 31.9 Å². The Labute approximate surface area is 271 Å². The van der Waals surface area contributed by atoms with Crippen molar-refractivity contribution in [3.05, 3.63) is 127 Å². The van der Waals surface area contributed by atoms with Gasteiger partial charge in [-0.3, -0.25) is 19.3 Å². The van der Waals surface area contributed by atoms with Gasteiger partial charge in [0.25, 0.3) is 5.56 Å². The average molecular weight is 738 g/mol. The van der Waals surface area contributed by atoms with E-state index in [0.717, 1.165) is 4.57 Å². The standard InChI is InChI=1S/C31H22Br2N4O8/c32-24-21-25(36-35-24)34-30(33)37(26(21)39)29-31(42,22(38)17-10-4-1-5-11-17)23(45-28(41)19-14-8-3-9-15-19)20(44-29)16-43-27(40)18-12-6-2-7-13-18/h1-15,20,23,29,42H,16H2,(H,35,36)/t20-,23-,29-,31-/m0/s1. The number of aliphatic hydroxyl groups is 1. The molecule has 6 rings (SSSR count). The van der Waals surface area contributed by atoms with Crippen molar-refractivity contribution < 1.29 is 33.7 Å². The van der Waals surface area contributed by atoms with Crippen molar-refractivity contribution >= 4 is 60.6 Å². The first kappa shape index (κ1) is 30.5. The Morgan fingerprint density at radius 1 is 0.889 bits per heavy atom. The Morgan fingerprint density at radius 3 is 2.04 bits per heavy atom. The molecule has 0 bridgehead atoms. The Hall–Kier alpha value is -4.50. The third-order valence-electron chi connectivity index (χ3n) is 7.26. The highest BCUT2D eigenvalue weighted by atomic mass is 79.9. The van der Waals surface area contributed by atoms with Gasteiger partial charge >= 0.3 is 11.9 Å². The maximum atomic E-state index is 14.3. The average Bonchev–Trinajstić information content (AvgIpc) is 3.57. The number of H-pyrrole nitrogens is 1. The first-order valence-corrected chi connectivity index (χ1v) is 15.1. The van der Waals surface area contributed by atoms with E-state index in [4.69, 9.17) is 14.2 Å². The fourth-order valence-electron chi connectivity index (χ4n) is 5.09. The van der Waals surface area contributed by atoms with Crippen LogP contribution in [-0.2, 0) is 14.2 Å². The van der Waals surface area contributed by atoms with Crippen LogP contribution in [0, 0.1) is 0 Å². The summed E-state index contributed by atoms with van der Waals surface area (Å²) in [6, 6.07) is 23.8. The zero-order chi connectivity index (χ0) is 31.7. The van der Waals surface area contributed by atoms with E-state index in [1.54, 1.807) is 66.7 Å². The van der Waals surface area contributed by atoms with Crippen LogP contribution in [0.2, 0.25) is 0 Å². The number of halogens is 2. The van der Waals surface area contributed by atoms with Crippen LogP contribution in [0.25, 0.3) is 11.0 Å². The molecule has 2 N–H and O–H groups in total. The van der Waals surface area contributed by atoms with Crippen molar-refractivity contribution in [2.45, 2.75) is 24.0 Å². The van der Waals surface area contributed by atoms with Gasteiger partial charge in [-0.25, -0.2) is 14.6 Å². The van der Waals surface area contributed by atoms with E-state index in [1.807, 2.05) is 0 Å². The first-order chi connectivity index (χ1) is 21.7. The molecule has 228 valence electrons. The summed E-state index contributed by atoms with van der Waals surface area (Å²) in [6.07, 6.45) is -5.01. The molecular formula is C31H22Br2N4O8. The van der Waals surface area contributed by atoms with Gasteiger partial charge in [0.05, 0.1) is 11.1 Å². The molecule has 5 aromatic rings. The monoisotopic (exact) mass is 736 g/mol. The molecule has 3 heterocycles. The second-order valence-electron chi connectivity index (χ2n) is 10.00. The molecule has 2 aromatic heterocycles. The van der Waals surface area contributed by atoms with Crippen molar-refractivity contribution in [3.8, 4) is 0 Å². The summed E-state index contributed by atoms with van der Waals surface area (Å²) in [6.45, 7) is -0.557. The van der Waals surface area contributed by atoms with Gasteiger partial charge in [0, 0.05) is 5.56 Å². The number of ether oxygens (including phenoxy) is 3. The van der Waals surface area contributed by atoms with E-state index >= 15 is 0 Å². The fraction of sp³-hybridized carbons (Fsp3) is 0.161. The number of fused-ring (bicyclic) bond motifs is 1. The van der Waals surface area contributed by atoms with Gasteiger partial charge < -0.3 is 19.3 Å². The van der Waals surface area contributed by atoms with E-state index in [1.165, 1.54) is 24.3 Å². The lowest BCUT2D eigenvalue weighted by Crippen LogP contribution is -2.56. The Morgan fingerprint density at radius 2 is 1.44 bits per heavy atom. The minimum Gasteiger partial charge on any atom is -0.459 e. The first-order valence-electron chi connectivity index (χ1n) is 13.5. The lowest BCUT2D eigenvalue weighted by molar-refractivity contribution is -0.0887. The molecule has 45 heavy (non-hydrogen) atoms. The second kappa shape index (κ2) is 12.5. The Kier molecular flexibility index (Phi) is 8.46. The maximum absolute atomic E-state index is 14.3. The number of aromatic nitrogens is 4. The number of carbonyl (C=O) groups excluding carboxylic acids is 3. The third-order valence-corrected chi connectivity index (χ3v) is 8.39. The molecule has 14 heteroatoms. The smallest absolute Gasteiger partial charge is 0.338 e. The molecule has 12 nitrogen and oxygen atoms in total. The number of carbonyl (C=O) groups is 3. The summed E-state index contributed by atoms with van der Waals surface area (Å²) < 4.78 is 18.5. The van der Waals surface area contributed by atoms with Crippen molar-refractivity contribution in [2.75, 3.05) is 6.61 Å². The summed E-state index contributed by atoms with van der Waals surface area (Å²) in [7, 11) is 0. The van der Waals surface area contributed by atoms with Crippen molar-refractivity contribution in [2.24, 2.45) is 0 Å². The van der Waals surface area contributed by atoms with Gasteiger partial charge in [0.2, 0.25) is 11.4 Å². The van der Waals surface area contributed by atoms with E-state index in [2.05, 4.69) is 47.0 Å². The van der Waals surface area contributed by atoms with Crippen LogP contribution in [0.5, 0.6) is 0 Å². The number of Topliss-reactive ketones (excluding diaryl/α,β-unsaturated/α-hetero) is 1. The zero-order valence-electron chi connectivity index (χ0n) is 23.0. The van der Waals surface area contributed by atoms with Crippen molar-refractivity contribution in [1.29, 1.82) is 0 Å². The van der Waals surface area contributed by atoms with Crippen LogP contribution in [0.15, 0.2) is 105 Å². The SMILES string of the molecule is O=C(OC[C@@H]1O[C@H](n2c(Br)nc3[nH]nc(Br)c3c2=O)[C@](O)(C(=O)c2ccccc2)[C@H]1OC(=O)c1ccccc1)c1ccccc1. The molecule has 1 aliphatic heterocycles. The van der Waals surface area contributed by atoms with Gasteiger partial charge in [-0.1, -0.05) is 66.7 Å². The number of aromatic amines is 1. The summed E-state index contributed by atoms with van der Waals surface area (Å²) in [4.78, 5) is 58.7. The summed E-state index contributed by atoms with van der Waals surface area (Å²) >= 11 is 6.47. The minimum absolute atomic E-state index is 0.00750. The van der Waals surface area contributed by atoms with E-state index in [-0.39, 0.29) is 37.1 Å². The summed E-state index contributed by atoms with van der Waals surface area (Å²) in [5, 5.41) is 19.1. The highest BCUT2D eigenvalue weighted by Crippen LogP contribution is 2.44. The van der Waals surface area contributed by atoms with Gasteiger partial charge in [0.15, 0.2) is 22.7 Å². The van der Waals surface area contributed by atoms with Gasteiger partial charge in [-0.15, -0.1) is 0 Å². The number of rotatable bonds is 8. The third kappa shape index (κ3) is 5.61. The molecule has 1 fully saturated rings. The Balaban J connectivity index is 1.49. The summed E-state index contributed by atoms with van der Waals surface area (Å²) in [5.74, 6) is -2.53. The van der Waals surface area contributed by atoms with Crippen LogP contribution in [0.3, 0.4) is 0 Å².